The molecule has 3 aliphatic heterocycles. The molecule has 0 unspecified atom stereocenters. The molecule has 1 aliphatic carbocycles. The molecule has 0 amide bonds. The summed E-state index contributed by atoms with van der Waals surface area (Å²) in [5.74, 6) is 0.138. The van der Waals surface area contributed by atoms with E-state index in [1.807, 2.05) is 12.1 Å². The Morgan fingerprint density at radius 2 is 1.52 bits per heavy atom. The summed E-state index contributed by atoms with van der Waals surface area (Å²) in [7, 11) is 2.12. The number of aryl methyl sites for hydroxylation is 2. The van der Waals surface area contributed by atoms with E-state index in [0.717, 1.165) is 52.4 Å². The Bertz CT molecular complexity index is 1800. The van der Waals surface area contributed by atoms with Crippen molar-refractivity contribution < 1.29 is 9.59 Å². The highest BCUT2D eigenvalue weighted by Gasteiger charge is 2.78. The molecule has 0 aromatic heterocycles. The largest absolute Gasteiger partial charge is 0.301 e. The fourth-order valence-corrected chi connectivity index (χ4v) is 9.22. The van der Waals surface area contributed by atoms with Crippen molar-refractivity contribution in [1.29, 1.82) is 0 Å². The van der Waals surface area contributed by atoms with Crippen LogP contribution < -0.4 is 0 Å². The molecular formula is C38H36N2O2. The fourth-order valence-electron chi connectivity index (χ4n) is 9.22. The van der Waals surface area contributed by atoms with Crippen molar-refractivity contribution in [3.63, 3.8) is 0 Å². The van der Waals surface area contributed by atoms with E-state index < -0.39 is 11.0 Å². The molecule has 4 nitrogen and oxygen atoms in total. The van der Waals surface area contributed by atoms with Crippen molar-refractivity contribution in [1.82, 2.24) is 9.80 Å². The van der Waals surface area contributed by atoms with Crippen molar-refractivity contribution in [3.05, 3.63) is 124 Å². The highest BCUT2D eigenvalue weighted by molar-refractivity contribution is 6.24. The summed E-state index contributed by atoms with van der Waals surface area (Å²) in [6, 6.07) is 29.7. The Labute approximate surface area is 247 Å². The number of fused-ring (bicyclic) bond motifs is 4. The summed E-state index contributed by atoms with van der Waals surface area (Å²) in [5, 5.41) is 2.11. The first-order chi connectivity index (χ1) is 20.4. The molecule has 0 bridgehead atoms. The van der Waals surface area contributed by atoms with Crippen LogP contribution in [-0.4, -0.2) is 54.1 Å². The number of likely N-dealkylation sites (tertiary alicyclic amines) is 1. The number of benzene rings is 4. The maximum Gasteiger partial charge on any atom is 0.189 e. The van der Waals surface area contributed by atoms with Crippen LogP contribution in [0.25, 0.3) is 16.8 Å². The van der Waals surface area contributed by atoms with Crippen LogP contribution in [0.1, 0.15) is 56.9 Å². The summed E-state index contributed by atoms with van der Waals surface area (Å²) >= 11 is 0. The van der Waals surface area contributed by atoms with Gasteiger partial charge in [-0.15, -0.1) is 0 Å². The first-order valence-electron chi connectivity index (χ1n) is 15.3. The highest BCUT2D eigenvalue weighted by atomic mass is 16.1. The smallest absolute Gasteiger partial charge is 0.189 e. The molecule has 0 N–H and O–H groups in total. The number of carbonyl (C=O) groups is 2. The molecule has 4 atom stereocenters. The first-order valence-corrected chi connectivity index (χ1v) is 15.3. The summed E-state index contributed by atoms with van der Waals surface area (Å²) in [6.07, 6.45) is 4.09. The minimum Gasteiger partial charge on any atom is -0.301 e. The van der Waals surface area contributed by atoms with E-state index in [2.05, 4.69) is 110 Å². The summed E-state index contributed by atoms with van der Waals surface area (Å²) in [5.41, 5.74) is 5.15. The van der Waals surface area contributed by atoms with Gasteiger partial charge in [0.1, 0.15) is 5.54 Å². The van der Waals surface area contributed by atoms with Gasteiger partial charge < -0.3 is 4.90 Å². The molecule has 4 aliphatic rings. The minimum atomic E-state index is -1.05. The molecule has 3 heterocycles. The SMILES string of the molecule is Cc1ccc(/C=C2\CN(C)C[C@@]3(C2=O)[C@@H](c2ccc(C)cc2)[C@H]2CCCN2[C@@]32C(=O)c3cccc4cccc2c34)cc1. The number of likely N-dealkylation sites (N-methyl/N-ethyl adjacent to an activating group) is 1. The molecular weight excluding hydrogens is 516 g/mol. The number of hydrogen-bond donors (Lipinski definition) is 0. The number of rotatable bonds is 2. The standard InChI is InChI=1S/C38H36N2O2/c1-24-12-16-26(17-13-24)21-29-22-39(3)23-37(35(29)41)34(28-18-14-25(2)15-19-28)32-11-6-20-40(32)38(37)31-10-5-8-27-7-4-9-30(33(27)31)36(38)42/h4-5,7-10,12-19,21,32,34H,6,11,20,22-23H2,1-3H3/b29-21+/t32-,34+,37+,38+/m1/s1. The molecule has 3 fully saturated rings. The summed E-state index contributed by atoms with van der Waals surface area (Å²) < 4.78 is 0. The van der Waals surface area contributed by atoms with Crippen LogP contribution in [0.5, 0.6) is 0 Å². The quantitative estimate of drug-likeness (QED) is 0.260. The summed E-state index contributed by atoms with van der Waals surface area (Å²) in [4.78, 5) is 35.6. The first kappa shape index (κ1) is 25.8. The zero-order valence-electron chi connectivity index (χ0n) is 24.6. The number of nitrogens with zero attached hydrogens (tertiary/aromatic N) is 2. The molecule has 8 rings (SSSR count). The van der Waals surface area contributed by atoms with E-state index in [4.69, 9.17) is 0 Å². The van der Waals surface area contributed by atoms with Gasteiger partial charge in [-0.2, -0.15) is 0 Å². The van der Waals surface area contributed by atoms with Gasteiger partial charge in [0.2, 0.25) is 0 Å². The third kappa shape index (κ3) is 3.20. The van der Waals surface area contributed by atoms with Crippen molar-refractivity contribution in [2.75, 3.05) is 26.7 Å². The van der Waals surface area contributed by atoms with Crippen LogP contribution in [0.2, 0.25) is 0 Å². The Morgan fingerprint density at radius 3 is 2.26 bits per heavy atom. The van der Waals surface area contributed by atoms with E-state index >= 15 is 9.59 Å². The average molecular weight is 553 g/mol. The van der Waals surface area contributed by atoms with E-state index in [-0.39, 0.29) is 23.5 Å². The molecule has 4 aromatic rings. The zero-order chi connectivity index (χ0) is 28.8. The van der Waals surface area contributed by atoms with Gasteiger partial charge in [-0.3, -0.25) is 14.5 Å². The van der Waals surface area contributed by atoms with Crippen molar-refractivity contribution >= 4 is 28.4 Å². The Kier molecular flexibility index (Phi) is 5.57. The predicted molar refractivity (Wildman–Crippen MR) is 168 cm³/mol. The van der Waals surface area contributed by atoms with Crippen LogP contribution in [-0.2, 0) is 10.3 Å². The molecule has 4 aromatic carbocycles. The molecule has 3 saturated heterocycles. The number of Topliss-reactive ketones (excluding diaryl/α,β-unsaturated/α-hetero) is 2. The second-order valence-electron chi connectivity index (χ2n) is 13.1. The van der Waals surface area contributed by atoms with Crippen LogP contribution in [0.15, 0.2) is 90.5 Å². The lowest BCUT2D eigenvalue weighted by Gasteiger charge is -2.52. The maximum atomic E-state index is 15.6. The number of hydrogen-bond acceptors (Lipinski definition) is 4. The average Bonchev–Trinajstić information content (AvgIpc) is 3.62. The van der Waals surface area contributed by atoms with Crippen LogP contribution in [0.3, 0.4) is 0 Å². The normalized spacial score (nSPS) is 29.9. The van der Waals surface area contributed by atoms with E-state index in [9.17, 15) is 0 Å². The Balaban J connectivity index is 1.45. The van der Waals surface area contributed by atoms with E-state index in [1.165, 1.54) is 16.7 Å². The zero-order valence-corrected chi connectivity index (χ0v) is 24.6. The van der Waals surface area contributed by atoms with E-state index in [0.29, 0.717) is 13.1 Å². The predicted octanol–water partition coefficient (Wildman–Crippen LogP) is 6.69. The van der Waals surface area contributed by atoms with Gasteiger partial charge >= 0.3 is 0 Å². The lowest BCUT2D eigenvalue weighted by Crippen LogP contribution is -2.65. The van der Waals surface area contributed by atoms with Crippen molar-refractivity contribution in [3.8, 4) is 0 Å². The second kappa shape index (κ2) is 9.07. The van der Waals surface area contributed by atoms with Gasteiger partial charge in [0, 0.05) is 36.2 Å². The van der Waals surface area contributed by atoms with Crippen LogP contribution in [0.4, 0.5) is 0 Å². The lowest BCUT2D eigenvalue weighted by molar-refractivity contribution is -0.134. The highest BCUT2D eigenvalue weighted by Crippen LogP contribution is 2.69. The van der Waals surface area contributed by atoms with Gasteiger partial charge in [-0.1, -0.05) is 96.1 Å². The van der Waals surface area contributed by atoms with E-state index in [1.54, 1.807) is 0 Å². The van der Waals surface area contributed by atoms with Crippen molar-refractivity contribution in [2.24, 2.45) is 5.41 Å². The number of carbonyl (C=O) groups excluding carboxylic acids is 2. The van der Waals surface area contributed by atoms with Crippen LogP contribution >= 0.6 is 0 Å². The monoisotopic (exact) mass is 552 g/mol. The van der Waals surface area contributed by atoms with Gasteiger partial charge in [0.25, 0.3) is 0 Å². The molecule has 2 spiro atoms. The fraction of sp³-hybridized carbons (Fsp3) is 0.316. The lowest BCUT2D eigenvalue weighted by atomic mass is 9.54. The topological polar surface area (TPSA) is 40.6 Å². The van der Waals surface area contributed by atoms with Gasteiger partial charge in [-0.05, 0) is 73.8 Å². The maximum absolute atomic E-state index is 15.6. The Morgan fingerprint density at radius 1 is 0.833 bits per heavy atom. The van der Waals surface area contributed by atoms with Crippen molar-refractivity contribution in [2.45, 2.75) is 44.2 Å². The third-order valence-corrected chi connectivity index (χ3v) is 10.7. The Hall–Kier alpha value is -3.86. The molecule has 0 saturated carbocycles. The number of piperidine rings is 1. The second-order valence-corrected chi connectivity index (χ2v) is 13.1. The third-order valence-electron chi connectivity index (χ3n) is 10.7. The molecule has 42 heavy (non-hydrogen) atoms. The number of ketones is 2. The molecule has 210 valence electrons. The van der Waals surface area contributed by atoms with Gasteiger partial charge in [0.15, 0.2) is 11.6 Å². The van der Waals surface area contributed by atoms with Crippen LogP contribution in [0, 0.1) is 19.3 Å². The molecule has 4 heteroatoms. The molecule has 0 radical (unpaired) electrons. The summed E-state index contributed by atoms with van der Waals surface area (Å²) in [6.45, 7) is 6.12. The van der Waals surface area contributed by atoms with Gasteiger partial charge in [-0.25, -0.2) is 0 Å². The van der Waals surface area contributed by atoms with Gasteiger partial charge in [0.05, 0.1) is 5.41 Å². The minimum absolute atomic E-state index is 0.106.